The molecule has 2 aromatic rings. The summed E-state index contributed by atoms with van der Waals surface area (Å²) in [6.45, 7) is 1.70. The van der Waals surface area contributed by atoms with Gasteiger partial charge in [-0.1, -0.05) is 11.6 Å². The van der Waals surface area contributed by atoms with Gasteiger partial charge in [0, 0.05) is 10.7 Å². The van der Waals surface area contributed by atoms with E-state index in [1.54, 1.807) is 19.1 Å². The summed E-state index contributed by atoms with van der Waals surface area (Å²) in [5, 5.41) is -0.0941. The fourth-order valence-corrected chi connectivity index (χ4v) is 3.89. The largest absolute Gasteiger partial charge is 0.278 e. The van der Waals surface area contributed by atoms with Gasteiger partial charge in [-0.2, -0.15) is 0 Å². The number of pyridine rings is 2. The monoisotopic (exact) mass is 439 g/mol. The van der Waals surface area contributed by atoms with Crippen molar-refractivity contribution in [2.45, 2.75) is 11.8 Å². The summed E-state index contributed by atoms with van der Waals surface area (Å²) in [4.78, 5) is 7.82. The standard InChI is InChI=1S/C11H8Br2ClN3O2S/c1-6-8(2-3-10(13)16-6)17-20(18,19)9-4-7(12)5-15-11(9)14/h2-5,17H,1H3. The lowest BCUT2D eigenvalue weighted by Crippen LogP contribution is -2.15. The molecule has 0 aliphatic rings. The number of nitrogens with one attached hydrogen (secondary N) is 1. The molecule has 0 atom stereocenters. The lowest BCUT2D eigenvalue weighted by atomic mass is 10.3. The summed E-state index contributed by atoms with van der Waals surface area (Å²) >= 11 is 12.2. The average Bonchev–Trinajstić information content (AvgIpc) is 2.35. The molecule has 5 nitrogen and oxygen atoms in total. The Kier molecular flexibility index (Phi) is 4.68. The smallest absolute Gasteiger partial charge is 0.265 e. The molecule has 0 amide bonds. The van der Waals surface area contributed by atoms with E-state index in [9.17, 15) is 8.42 Å². The maximum Gasteiger partial charge on any atom is 0.265 e. The van der Waals surface area contributed by atoms with Crippen molar-refractivity contribution in [1.82, 2.24) is 9.97 Å². The van der Waals surface area contributed by atoms with Crippen LogP contribution < -0.4 is 4.72 Å². The number of nitrogens with zero attached hydrogens (tertiary/aromatic N) is 2. The first-order valence-electron chi connectivity index (χ1n) is 5.26. The number of anilines is 1. The van der Waals surface area contributed by atoms with Crippen LogP contribution in [0.15, 0.2) is 38.4 Å². The molecule has 2 heterocycles. The molecule has 0 spiro atoms. The van der Waals surface area contributed by atoms with E-state index in [0.717, 1.165) is 0 Å². The van der Waals surface area contributed by atoms with E-state index in [-0.39, 0.29) is 10.0 Å². The van der Waals surface area contributed by atoms with E-state index < -0.39 is 10.0 Å². The molecule has 0 aliphatic carbocycles. The maximum absolute atomic E-state index is 12.3. The minimum Gasteiger partial charge on any atom is -0.278 e. The lowest BCUT2D eigenvalue weighted by Gasteiger charge is -2.11. The van der Waals surface area contributed by atoms with Crippen molar-refractivity contribution >= 4 is 59.2 Å². The molecule has 0 bridgehead atoms. The Hall–Kier alpha value is -0.700. The van der Waals surface area contributed by atoms with E-state index in [1.165, 1.54) is 12.3 Å². The second-order valence-electron chi connectivity index (χ2n) is 3.81. The highest BCUT2D eigenvalue weighted by Gasteiger charge is 2.20. The Labute approximate surface area is 138 Å². The second-order valence-corrected chi connectivity index (χ2v) is 7.55. The van der Waals surface area contributed by atoms with Gasteiger partial charge in [-0.25, -0.2) is 18.4 Å². The molecule has 9 heteroatoms. The van der Waals surface area contributed by atoms with Crippen LogP contribution in [0.1, 0.15) is 5.69 Å². The number of rotatable bonds is 3. The number of aromatic nitrogens is 2. The topological polar surface area (TPSA) is 72.0 Å². The zero-order chi connectivity index (χ0) is 14.9. The van der Waals surface area contributed by atoms with E-state index in [1.807, 2.05) is 0 Å². The number of aryl methyl sites for hydroxylation is 1. The summed E-state index contributed by atoms with van der Waals surface area (Å²) in [5.74, 6) is 0. The molecule has 0 fully saturated rings. The minimum absolute atomic E-state index is 0.0941. The van der Waals surface area contributed by atoms with Crippen LogP contribution in [0, 0.1) is 6.92 Å². The first-order valence-corrected chi connectivity index (χ1v) is 8.71. The van der Waals surface area contributed by atoms with Gasteiger partial charge in [0.25, 0.3) is 10.0 Å². The van der Waals surface area contributed by atoms with Gasteiger partial charge in [0.05, 0.1) is 11.4 Å². The van der Waals surface area contributed by atoms with Crippen LogP contribution >= 0.6 is 43.5 Å². The van der Waals surface area contributed by atoms with Crippen molar-refractivity contribution in [3.63, 3.8) is 0 Å². The predicted octanol–water partition coefficient (Wildman–Crippen LogP) is 3.76. The van der Waals surface area contributed by atoms with Crippen molar-refractivity contribution in [2.75, 3.05) is 4.72 Å². The van der Waals surface area contributed by atoms with Crippen LogP contribution in [0.5, 0.6) is 0 Å². The maximum atomic E-state index is 12.3. The number of sulfonamides is 1. The minimum atomic E-state index is -3.83. The first-order chi connectivity index (χ1) is 9.29. The van der Waals surface area contributed by atoms with Crippen LogP contribution in [0.25, 0.3) is 0 Å². The Morgan fingerprint density at radius 2 is 2.00 bits per heavy atom. The van der Waals surface area contributed by atoms with Crippen LogP contribution in [-0.2, 0) is 10.0 Å². The molecule has 1 N–H and O–H groups in total. The number of hydrogen-bond acceptors (Lipinski definition) is 4. The highest BCUT2D eigenvalue weighted by atomic mass is 79.9. The SMILES string of the molecule is Cc1nc(Br)ccc1NS(=O)(=O)c1cc(Br)cnc1Cl. The second kappa shape index (κ2) is 5.97. The summed E-state index contributed by atoms with van der Waals surface area (Å²) in [6.07, 6.45) is 1.42. The zero-order valence-electron chi connectivity index (χ0n) is 10.1. The van der Waals surface area contributed by atoms with Crippen LogP contribution in [0.2, 0.25) is 5.15 Å². The highest BCUT2D eigenvalue weighted by Crippen LogP contribution is 2.26. The third-order valence-electron chi connectivity index (χ3n) is 2.36. The lowest BCUT2D eigenvalue weighted by molar-refractivity contribution is 0.600. The van der Waals surface area contributed by atoms with Crippen LogP contribution in [0.3, 0.4) is 0 Å². The molecule has 0 saturated heterocycles. The van der Waals surface area contributed by atoms with E-state index in [2.05, 4.69) is 46.5 Å². The first kappa shape index (κ1) is 15.7. The molecule has 0 saturated carbocycles. The van der Waals surface area contributed by atoms with Gasteiger partial charge < -0.3 is 0 Å². The Bertz CT molecular complexity index is 768. The summed E-state index contributed by atoms with van der Waals surface area (Å²) < 4.78 is 28.2. The number of halogens is 3. The van der Waals surface area contributed by atoms with Gasteiger partial charge in [-0.15, -0.1) is 0 Å². The molecule has 0 aliphatic heterocycles. The number of hydrogen-bond donors (Lipinski definition) is 1. The van der Waals surface area contributed by atoms with E-state index in [0.29, 0.717) is 20.5 Å². The van der Waals surface area contributed by atoms with Crippen molar-refractivity contribution in [3.8, 4) is 0 Å². The molecule has 2 rings (SSSR count). The Morgan fingerprint density at radius 1 is 1.30 bits per heavy atom. The molecule has 106 valence electrons. The van der Waals surface area contributed by atoms with E-state index in [4.69, 9.17) is 11.6 Å². The van der Waals surface area contributed by atoms with Gasteiger partial charge in [-0.3, -0.25) is 4.72 Å². The summed E-state index contributed by atoms with van der Waals surface area (Å²) in [6, 6.07) is 4.65. The molecule has 0 aromatic carbocycles. The van der Waals surface area contributed by atoms with Crippen molar-refractivity contribution in [2.24, 2.45) is 0 Å². The van der Waals surface area contributed by atoms with E-state index >= 15 is 0 Å². The normalized spacial score (nSPS) is 11.4. The molecular formula is C11H8Br2ClN3O2S. The fourth-order valence-electron chi connectivity index (χ4n) is 1.43. The van der Waals surface area contributed by atoms with Gasteiger partial charge in [0.2, 0.25) is 0 Å². The van der Waals surface area contributed by atoms with Crippen molar-refractivity contribution < 1.29 is 8.42 Å². The quantitative estimate of drug-likeness (QED) is 0.736. The van der Waals surface area contributed by atoms with Crippen LogP contribution in [0.4, 0.5) is 5.69 Å². The van der Waals surface area contributed by atoms with Gasteiger partial charge in [0.15, 0.2) is 0 Å². The van der Waals surface area contributed by atoms with Crippen LogP contribution in [-0.4, -0.2) is 18.4 Å². The Morgan fingerprint density at radius 3 is 2.65 bits per heavy atom. The molecule has 0 radical (unpaired) electrons. The average molecular weight is 442 g/mol. The third kappa shape index (κ3) is 3.49. The van der Waals surface area contributed by atoms with Crippen molar-refractivity contribution in [1.29, 1.82) is 0 Å². The zero-order valence-corrected chi connectivity index (χ0v) is 14.8. The van der Waals surface area contributed by atoms with Gasteiger partial charge in [-0.05, 0) is 57.0 Å². The van der Waals surface area contributed by atoms with Gasteiger partial charge in [0.1, 0.15) is 14.7 Å². The van der Waals surface area contributed by atoms with Crippen molar-refractivity contribution in [3.05, 3.63) is 44.3 Å². The summed E-state index contributed by atoms with van der Waals surface area (Å²) in [7, 11) is -3.83. The molecule has 0 unspecified atom stereocenters. The fraction of sp³-hybridized carbons (Fsp3) is 0.0909. The van der Waals surface area contributed by atoms with Gasteiger partial charge >= 0.3 is 0 Å². The Balaban J connectivity index is 2.43. The molecule has 20 heavy (non-hydrogen) atoms. The highest BCUT2D eigenvalue weighted by molar-refractivity contribution is 9.10. The third-order valence-corrected chi connectivity index (χ3v) is 5.03. The molecule has 2 aromatic heterocycles. The molecular weight excluding hydrogens is 433 g/mol. The predicted molar refractivity (Wildman–Crippen MR) is 84.4 cm³/mol. The summed E-state index contributed by atoms with van der Waals surface area (Å²) in [5.41, 5.74) is 0.922.